The summed E-state index contributed by atoms with van der Waals surface area (Å²) in [6.07, 6.45) is 0.864. The van der Waals surface area contributed by atoms with Gasteiger partial charge < -0.3 is 10.2 Å². The summed E-state index contributed by atoms with van der Waals surface area (Å²) in [6.45, 7) is 10.3. The van der Waals surface area contributed by atoms with E-state index >= 15 is 0 Å². The lowest BCUT2D eigenvalue weighted by molar-refractivity contribution is -0.141. The minimum Gasteiger partial charge on any atom is -0.352 e. The molecule has 0 heterocycles. The summed E-state index contributed by atoms with van der Waals surface area (Å²) in [4.78, 5) is 27.8. The van der Waals surface area contributed by atoms with Gasteiger partial charge in [-0.2, -0.15) is 0 Å². The topological polar surface area (TPSA) is 49.4 Å². The van der Waals surface area contributed by atoms with Gasteiger partial charge in [0.1, 0.15) is 6.04 Å². The molecule has 0 aliphatic rings. The Labute approximate surface area is 169 Å². The van der Waals surface area contributed by atoms with Gasteiger partial charge in [-0.05, 0) is 45.2 Å². The van der Waals surface area contributed by atoms with Gasteiger partial charge in [-0.25, -0.2) is 0 Å². The van der Waals surface area contributed by atoms with Crippen LogP contribution in [0.25, 0.3) is 0 Å². The molecule has 28 heavy (non-hydrogen) atoms. The Kier molecular flexibility index (Phi) is 7.80. The molecule has 0 aromatic heterocycles. The molecule has 0 aliphatic carbocycles. The van der Waals surface area contributed by atoms with Crippen molar-refractivity contribution < 1.29 is 9.59 Å². The molecule has 0 radical (unpaired) electrons. The molecular weight excluding hydrogens is 348 g/mol. The molecule has 0 saturated carbocycles. The normalized spacial score (nSPS) is 11.9. The Balaban J connectivity index is 2.30. The Morgan fingerprint density at radius 3 is 2.07 bits per heavy atom. The van der Waals surface area contributed by atoms with E-state index in [2.05, 4.69) is 11.4 Å². The van der Waals surface area contributed by atoms with E-state index in [4.69, 9.17) is 0 Å². The maximum Gasteiger partial charge on any atom is 0.243 e. The molecule has 1 N–H and O–H groups in total. The van der Waals surface area contributed by atoms with E-state index in [1.165, 1.54) is 0 Å². The lowest BCUT2D eigenvalue weighted by Crippen LogP contribution is -2.50. The number of nitrogens with zero attached hydrogens (tertiary/aromatic N) is 1. The van der Waals surface area contributed by atoms with Crippen molar-refractivity contribution in [2.45, 2.75) is 66.1 Å². The summed E-state index contributed by atoms with van der Waals surface area (Å²) in [5.74, 6) is -0.124. The quantitative estimate of drug-likeness (QED) is 0.747. The highest BCUT2D eigenvalue weighted by molar-refractivity contribution is 5.88. The number of amides is 2. The van der Waals surface area contributed by atoms with Crippen molar-refractivity contribution >= 4 is 11.8 Å². The van der Waals surface area contributed by atoms with Crippen molar-refractivity contribution in [3.05, 3.63) is 70.8 Å². The van der Waals surface area contributed by atoms with E-state index in [0.29, 0.717) is 19.4 Å². The number of nitrogens with one attached hydrogen (secondary N) is 1. The van der Waals surface area contributed by atoms with Crippen LogP contribution < -0.4 is 5.32 Å². The molecule has 0 saturated heterocycles. The van der Waals surface area contributed by atoms with E-state index in [1.54, 1.807) is 4.90 Å². The molecule has 1 unspecified atom stereocenters. The van der Waals surface area contributed by atoms with Gasteiger partial charge in [-0.1, -0.05) is 66.6 Å². The number of aryl methyl sites for hydroxylation is 2. The number of benzene rings is 2. The second-order valence-corrected chi connectivity index (χ2v) is 7.76. The lowest BCUT2D eigenvalue weighted by Gasteiger charge is -2.31. The van der Waals surface area contributed by atoms with Crippen LogP contribution in [0, 0.1) is 13.8 Å². The standard InChI is InChI=1S/C24H32N2O2/c1-6-22(24(28)25-17(2)3)26(16-21-12-8-10-19(5)14-21)23(27)15-20-11-7-9-18(4)13-20/h7-14,17,22H,6,15-16H2,1-5H3,(H,25,28). The van der Waals surface area contributed by atoms with Crippen LogP contribution in [-0.2, 0) is 22.6 Å². The van der Waals surface area contributed by atoms with Gasteiger partial charge in [-0.3, -0.25) is 9.59 Å². The monoisotopic (exact) mass is 380 g/mol. The van der Waals surface area contributed by atoms with E-state index in [1.807, 2.05) is 77.1 Å². The predicted octanol–water partition coefficient (Wildman–Crippen LogP) is 4.18. The van der Waals surface area contributed by atoms with Crippen LogP contribution in [0.5, 0.6) is 0 Å². The zero-order valence-electron chi connectivity index (χ0n) is 17.7. The minimum atomic E-state index is -0.486. The second kappa shape index (κ2) is 10.1. The summed E-state index contributed by atoms with van der Waals surface area (Å²) < 4.78 is 0. The van der Waals surface area contributed by atoms with Gasteiger partial charge >= 0.3 is 0 Å². The van der Waals surface area contributed by atoms with E-state index < -0.39 is 6.04 Å². The molecule has 1 atom stereocenters. The van der Waals surface area contributed by atoms with Crippen LogP contribution in [0.15, 0.2) is 48.5 Å². The van der Waals surface area contributed by atoms with Gasteiger partial charge in [0.05, 0.1) is 6.42 Å². The molecule has 2 rings (SSSR count). The highest BCUT2D eigenvalue weighted by Gasteiger charge is 2.29. The molecule has 2 aromatic rings. The first-order chi connectivity index (χ1) is 13.3. The van der Waals surface area contributed by atoms with Gasteiger partial charge in [-0.15, -0.1) is 0 Å². The average molecular weight is 381 g/mol. The fraction of sp³-hybridized carbons (Fsp3) is 0.417. The zero-order valence-corrected chi connectivity index (χ0v) is 17.7. The molecule has 150 valence electrons. The number of hydrogen-bond donors (Lipinski definition) is 1. The average Bonchev–Trinajstić information content (AvgIpc) is 2.61. The number of carbonyl (C=O) groups is 2. The Morgan fingerprint density at radius 1 is 0.964 bits per heavy atom. The van der Waals surface area contributed by atoms with E-state index in [-0.39, 0.29) is 17.9 Å². The zero-order chi connectivity index (χ0) is 20.7. The molecule has 0 bridgehead atoms. The smallest absolute Gasteiger partial charge is 0.243 e. The van der Waals surface area contributed by atoms with Crippen molar-refractivity contribution in [2.75, 3.05) is 0 Å². The van der Waals surface area contributed by atoms with Crippen LogP contribution in [-0.4, -0.2) is 28.8 Å². The predicted molar refractivity (Wildman–Crippen MR) is 114 cm³/mol. The maximum atomic E-state index is 13.2. The molecule has 4 heteroatoms. The molecule has 4 nitrogen and oxygen atoms in total. The molecule has 0 aliphatic heterocycles. The first-order valence-electron chi connectivity index (χ1n) is 10.0. The number of rotatable bonds is 8. The minimum absolute atomic E-state index is 0.0298. The molecule has 2 amide bonds. The van der Waals surface area contributed by atoms with Crippen LogP contribution >= 0.6 is 0 Å². The third-order valence-corrected chi connectivity index (χ3v) is 4.69. The van der Waals surface area contributed by atoms with Crippen molar-refractivity contribution in [2.24, 2.45) is 0 Å². The van der Waals surface area contributed by atoms with Crippen molar-refractivity contribution in [1.82, 2.24) is 10.2 Å². The van der Waals surface area contributed by atoms with E-state index in [9.17, 15) is 9.59 Å². The first-order valence-corrected chi connectivity index (χ1v) is 10.0. The highest BCUT2D eigenvalue weighted by atomic mass is 16.2. The Morgan fingerprint density at radius 2 is 1.54 bits per heavy atom. The van der Waals surface area contributed by atoms with Crippen LogP contribution in [0.4, 0.5) is 0 Å². The van der Waals surface area contributed by atoms with Gasteiger partial charge in [0.15, 0.2) is 0 Å². The van der Waals surface area contributed by atoms with Crippen molar-refractivity contribution in [3.63, 3.8) is 0 Å². The molecule has 2 aromatic carbocycles. The summed E-state index contributed by atoms with van der Waals surface area (Å²) in [7, 11) is 0. The summed E-state index contributed by atoms with van der Waals surface area (Å²) >= 11 is 0. The van der Waals surface area contributed by atoms with Gasteiger partial charge in [0.25, 0.3) is 0 Å². The lowest BCUT2D eigenvalue weighted by atomic mass is 10.0. The first kappa shape index (κ1) is 21.7. The van der Waals surface area contributed by atoms with Crippen LogP contribution in [0.2, 0.25) is 0 Å². The Hall–Kier alpha value is -2.62. The summed E-state index contributed by atoms with van der Waals surface area (Å²) in [5, 5.41) is 2.97. The summed E-state index contributed by atoms with van der Waals surface area (Å²) in [5.41, 5.74) is 4.27. The largest absolute Gasteiger partial charge is 0.352 e. The maximum absolute atomic E-state index is 13.2. The summed E-state index contributed by atoms with van der Waals surface area (Å²) in [6, 6.07) is 15.6. The highest BCUT2D eigenvalue weighted by Crippen LogP contribution is 2.16. The molecule has 0 fully saturated rings. The number of hydrogen-bond acceptors (Lipinski definition) is 2. The third kappa shape index (κ3) is 6.22. The fourth-order valence-electron chi connectivity index (χ4n) is 3.41. The van der Waals surface area contributed by atoms with Crippen molar-refractivity contribution in [3.8, 4) is 0 Å². The number of carbonyl (C=O) groups excluding carboxylic acids is 2. The van der Waals surface area contributed by atoms with E-state index in [0.717, 1.165) is 22.3 Å². The van der Waals surface area contributed by atoms with Gasteiger partial charge in [0.2, 0.25) is 11.8 Å². The van der Waals surface area contributed by atoms with Crippen LogP contribution in [0.1, 0.15) is 49.4 Å². The third-order valence-electron chi connectivity index (χ3n) is 4.69. The Bertz CT molecular complexity index is 814. The fourth-order valence-corrected chi connectivity index (χ4v) is 3.41. The van der Waals surface area contributed by atoms with Gasteiger partial charge in [0, 0.05) is 12.6 Å². The molecular formula is C24H32N2O2. The van der Waals surface area contributed by atoms with Crippen molar-refractivity contribution in [1.29, 1.82) is 0 Å². The van der Waals surface area contributed by atoms with Crippen LogP contribution in [0.3, 0.4) is 0 Å². The molecule has 0 spiro atoms. The second-order valence-electron chi connectivity index (χ2n) is 7.76. The SMILES string of the molecule is CCC(C(=O)NC(C)C)N(Cc1cccc(C)c1)C(=O)Cc1cccc(C)c1.